The van der Waals surface area contributed by atoms with Gasteiger partial charge in [-0.25, -0.2) is 0 Å². The highest BCUT2D eigenvalue weighted by molar-refractivity contribution is 7.84. The molecule has 0 saturated heterocycles. The molecule has 0 atom stereocenters. The summed E-state index contributed by atoms with van der Waals surface area (Å²) in [6.45, 7) is 0. The van der Waals surface area contributed by atoms with Crippen LogP contribution in [0.1, 0.15) is 0 Å². The van der Waals surface area contributed by atoms with Gasteiger partial charge in [-0.2, -0.15) is 0 Å². The molecule has 0 heterocycles. The maximum atomic E-state index is 7.12. The van der Waals surface area contributed by atoms with Crippen LogP contribution < -0.4 is 0 Å². The molecule has 2 nitrogen and oxygen atoms in total. The molecule has 0 aromatic rings. The van der Waals surface area contributed by atoms with Crippen LogP contribution in [-0.4, -0.2) is 11.4 Å². The highest BCUT2D eigenvalue weighted by atomic mass is 32.1. The summed E-state index contributed by atoms with van der Waals surface area (Å²) in [5.41, 5.74) is 0.468. The molecule has 0 amide bonds. The van der Waals surface area contributed by atoms with Crippen molar-refractivity contribution in [3.05, 3.63) is 23.1 Å². The van der Waals surface area contributed by atoms with Gasteiger partial charge in [0.1, 0.15) is 0 Å². The predicted octanol–water partition coefficient (Wildman–Crippen LogP) is 1.41. The van der Waals surface area contributed by atoms with Crippen molar-refractivity contribution < 1.29 is 0 Å². The summed E-state index contributed by atoms with van der Waals surface area (Å²) in [6.07, 6.45) is 4.81. The largest absolute Gasteiger partial charge is 0.299 e. The Morgan fingerprint density at radius 1 is 1.11 bits per heavy atom. The molecule has 9 heavy (non-hydrogen) atoms. The Labute approximate surface area is 58.7 Å². The van der Waals surface area contributed by atoms with E-state index in [0.717, 1.165) is 4.91 Å². The van der Waals surface area contributed by atoms with Crippen molar-refractivity contribution in [1.29, 1.82) is 10.8 Å². The van der Waals surface area contributed by atoms with Gasteiger partial charge in [0.25, 0.3) is 0 Å². The topological polar surface area (TPSA) is 47.7 Å². The average Bonchev–Trinajstić information content (AvgIpc) is 1.80. The zero-order chi connectivity index (χ0) is 6.85. The average molecular weight is 138 g/mol. The first-order valence-corrected chi connectivity index (χ1v) is 2.91. The number of thiol groups is 1. The lowest BCUT2D eigenvalue weighted by atomic mass is 10.1. The Kier molecular flexibility index (Phi) is 1.53. The third-order valence-electron chi connectivity index (χ3n) is 1.00. The first kappa shape index (κ1) is 6.29. The minimum Gasteiger partial charge on any atom is -0.299 e. The Hall–Kier alpha value is -0.830. The van der Waals surface area contributed by atoms with Gasteiger partial charge < -0.3 is 0 Å². The molecule has 2 N–H and O–H groups in total. The van der Waals surface area contributed by atoms with Gasteiger partial charge in [-0.15, -0.1) is 12.6 Å². The number of hydrogen-bond donors (Lipinski definition) is 3. The number of rotatable bonds is 0. The van der Waals surface area contributed by atoms with Crippen molar-refractivity contribution in [3.63, 3.8) is 0 Å². The first-order chi connectivity index (χ1) is 4.20. The highest BCUT2D eigenvalue weighted by Gasteiger charge is 2.02. The molecule has 0 spiro atoms. The summed E-state index contributed by atoms with van der Waals surface area (Å²) < 4.78 is 0. The molecule has 3 heteroatoms. The van der Waals surface area contributed by atoms with Crippen LogP contribution in [0.4, 0.5) is 0 Å². The third-order valence-corrected chi connectivity index (χ3v) is 1.28. The molecule has 1 aliphatic rings. The van der Waals surface area contributed by atoms with Crippen LogP contribution in [0.5, 0.6) is 0 Å². The van der Waals surface area contributed by atoms with E-state index < -0.39 is 0 Å². The highest BCUT2D eigenvalue weighted by Crippen LogP contribution is 2.07. The fourth-order valence-electron chi connectivity index (χ4n) is 0.532. The lowest BCUT2D eigenvalue weighted by molar-refractivity contribution is 1.49. The van der Waals surface area contributed by atoms with Gasteiger partial charge in [0.15, 0.2) is 0 Å². The quantitative estimate of drug-likeness (QED) is 0.335. The van der Waals surface area contributed by atoms with E-state index in [1.54, 1.807) is 18.2 Å². The molecule has 0 radical (unpaired) electrons. The molecule has 46 valence electrons. The maximum absolute atomic E-state index is 7.12. The van der Waals surface area contributed by atoms with Gasteiger partial charge in [0.05, 0.1) is 11.4 Å². The smallest absolute Gasteiger partial charge is 0.0800 e. The Morgan fingerprint density at radius 3 is 2.22 bits per heavy atom. The second-order valence-electron chi connectivity index (χ2n) is 1.73. The van der Waals surface area contributed by atoms with E-state index in [4.69, 9.17) is 10.8 Å². The normalized spacial score (nSPS) is 18.1. The maximum Gasteiger partial charge on any atom is 0.0800 e. The van der Waals surface area contributed by atoms with E-state index in [1.165, 1.54) is 0 Å². The van der Waals surface area contributed by atoms with Gasteiger partial charge in [-0.1, -0.05) is 0 Å². The second kappa shape index (κ2) is 2.19. The van der Waals surface area contributed by atoms with Crippen molar-refractivity contribution in [3.8, 4) is 0 Å². The van der Waals surface area contributed by atoms with Gasteiger partial charge in [-0.05, 0) is 18.2 Å². The summed E-state index contributed by atoms with van der Waals surface area (Å²) in [5, 5.41) is 14.2. The van der Waals surface area contributed by atoms with Crippen molar-refractivity contribution in [2.75, 3.05) is 0 Å². The molecule has 0 aromatic carbocycles. The molecule has 1 aliphatic carbocycles. The van der Waals surface area contributed by atoms with Crippen molar-refractivity contribution in [2.45, 2.75) is 0 Å². The van der Waals surface area contributed by atoms with E-state index in [2.05, 4.69) is 12.6 Å². The van der Waals surface area contributed by atoms with Crippen LogP contribution in [-0.2, 0) is 0 Å². The van der Waals surface area contributed by atoms with Crippen LogP contribution in [0.2, 0.25) is 0 Å². The Balaban J connectivity index is 2.95. The molecule has 0 bridgehead atoms. The van der Waals surface area contributed by atoms with E-state index in [-0.39, 0.29) is 11.4 Å². The molecular weight excluding hydrogens is 132 g/mol. The van der Waals surface area contributed by atoms with Gasteiger partial charge >= 0.3 is 0 Å². The van der Waals surface area contributed by atoms with Crippen LogP contribution in [0.25, 0.3) is 0 Å². The first-order valence-electron chi connectivity index (χ1n) is 2.46. The third kappa shape index (κ3) is 1.29. The van der Waals surface area contributed by atoms with Crippen molar-refractivity contribution in [2.24, 2.45) is 0 Å². The molecule has 0 aromatic heterocycles. The summed E-state index contributed by atoms with van der Waals surface area (Å²) in [6, 6.07) is 0. The number of allylic oxidation sites excluding steroid dienone is 3. The van der Waals surface area contributed by atoms with Gasteiger partial charge in [0, 0.05) is 4.91 Å². The number of nitrogens with one attached hydrogen (secondary N) is 2. The molecule has 0 unspecified atom stereocenters. The second-order valence-corrected chi connectivity index (χ2v) is 2.25. The van der Waals surface area contributed by atoms with Gasteiger partial charge in [-0.3, -0.25) is 10.8 Å². The van der Waals surface area contributed by atoms with Gasteiger partial charge in [0.2, 0.25) is 0 Å². The van der Waals surface area contributed by atoms with Crippen LogP contribution in [0, 0.1) is 10.8 Å². The van der Waals surface area contributed by atoms with E-state index >= 15 is 0 Å². The standard InChI is InChI=1S/C6H6N2S/c7-5-2-1-4(9)3-6(5)8/h1-3,7-9H. The minimum atomic E-state index is 0.225. The Bertz CT molecular complexity index is 225. The summed E-state index contributed by atoms with van der Waals surface area (Å²) in [5.74, 6) is 0. The number of hydrogen-bond acceptors (Lipinski definition) is 3. The van der Waals surface area contributed by atoms with Crippen molar-refractivity contribution >= 4 is 24.1 Å². The monoisotopic (exact) mass is 138 g/mol. The molecule has 0 fully saturated rings. The summed E-state index contributed by atoms with van der Waals surface area (Å²) in [7, 11) is 0. The molecule has 1 rings (SSSR count). The van der Waals surface area contributed by atoms with Crippen LogP contribution in [0.15, 0.2) is 23.1 Å². The Morgan fingerprint density at radius 2 is 1.78 bits per heavy atom. The minimum absolute atomic E-state index is 0.225. The lowest BCUT2D eigenvalue weighted by Crippen LogP contribution is -2.08. The molecular formula is C6H6N2S. The molecule has 0 aliphatic heterocycles. The zero-order valence-electron chi connectivity index (χ0n) is 4.68. The SMILES string of the molecule is N=C1C=CC(S)=CC1=N. The predicted molar refractivity (Wildman–Crippen MR) is 41.7 cm³/mol. The van der Waals surface area contributed by atoms with E-state index in [9.17, 15) is 0 Å². The summed E-state index contributed by atoms with van der Waals surface area (Å²) >= 11 is 4.00. The van der Waals surface area contributed by atoms with Crippen LogP contribution in [0.3, 0.4) is 0 Å². The fraction of sp³-hybridized carbons (Fsp3) is 0. The van der Waals surface area contributed by atoms with Crippen molar-refractivity contribution in [1.82, 2.24) is 0 Å². The molecule has 0 saturated carbocycles. The van der Waals surface area contributed by atoms with E-state index in [0.29, 0.717) is 0 Å². The van der Waals surface area contributed by atoms with Crippen LogP contribution >= 0.6 is 12.6 Å². The summed E-state index contributed by atoms with van der Waals surface area (Å²) in [4.78, 5) is 0.732. The fourth-order valence-corrected chi connectivity index (χ4v) is 0.736. The van der Waals surface area contributed by atoms with E-state index in [1.807, 2.05) is 0 Å². The lowest BCUT2D eigenvalue weighted by Gasteiger charge is -2.01. The zero-order valence-corrected chi connectivity index (χ0v) is 5.57.